The van der Waals surface area contributed by atoms with Crippen molar-refractivity contribution in [1.82, 2.24) is 9.80 Å². The van der Waals surface area contributed by atoms with Crippen LogP contribution in [-0.4, -0.2) is 166 Å². The molecule has 0 amide bonds. The first-order valence-electron chi connectivity index (χ1n) is 13.3. The fraction of sp³-hybridized carbons (Fsp3) is 1.00. The van der Waals surface area contributed by atoms with Crippen LogP contribution in [0.3, 0.4) is 0 Å². The Morgan fingerprint density at radius 1 is 0.389 bits per heavy atom. The highest BCUT2D eigenvalue weighted by Gasteiger charge is 2.39. The van der Waals surface area contributed by atoms with Crippen molar-refractivity contribution in [3.8, 4) is 0 Å². The van der Waals surface area contributed by atoms with Crippen LogP contribution in [0, 0.1) is 0 Å². The van der Waals surface area contributed by atoms with Gasteiger partial charge in [0.15, 0.2) is 12.6 Å². The molecule has 0 aromatic heterocycles. The monoisotopic (exact) mass is 520 g/mol. The molecule has 0 radical (unpaired) electrons. The van der Waals surface area contributed by atoms with E-state index in [1.54, 1.807) is 0 Å². The normalized spacial score (nSPS) is 38.0. The highest BCUT2D eigenvalue weighted by Crippen LogP contribution is 2.24. The third-order valence-electron chi connectivity index (χ3n) is 6.47. The molecule has 0 N–H and O–H groups in total. The summed E-state index contributed by atoms with van der Waals surface area (Å²) in [5.41, 5.74) is 0. The molecule has 7 fully saturated rings. The Balaban J connectivity index is 1.40. The molecule has 7 saturated heterocycles. The molecule has 7 aliphatic heterocycles. The zero-order valence-corrected chi connectivity index (χ0v) is 21.4. The Morgan fingerprint density at radius 2 is 0.694 bits per heavy atom. The van der Waals surface area contributed by atoms with Gasteiger partial charge in [-0.05, 0) is 0 Å². The van der Waals surface area contributed by atoms with Crippen LogP contribution in [0.25, 0.3) is 0 Å². The molecule has 36 heavy (non-hydrogen) atoms. The van der Waals surface area contributed by atoms with E-state index in [2.05, 4.69) is 9.80 Å². The molecule has 6 bridgehead atoms. The minimum absolute atomic E-state index is 0.146. The Hall–Kier alpha value is -0.480. The highest BCUT2D eigenvalue weighted by molar-refractivity contribution is 4.81. The smallest absolute Gasteiger partial charge is 0.170 e. The second-order valence-electron chi connectivity index (χ2n) is 9.15. The van der Waals surface area contributed by atoms with Crippen molar-refractivity contribution in [3.05, 3.63) is 0 Å². The van der Waals surface area contributed by atoms with E-state index in [-0.39, 0.29) is 24.8 Å². The van der Waals surface area contributed by atoms with Crippen molar-refractivity contribution in [2.24, 2.45) is 0 Å². The van der Waals surface area contributed by atoms with Gasteiger partial charge in [0.25, 0.3) is 0 Å². The van der Waals surface area contributed by atoms with Gasteiger partial charge in [0.2, 0.25) is 0 Å². The molecule has 0 unspecified atom stereocenters. The molecule has 12 nitrogen and oxygen atoms in total. The summed E-state index contributed by atoms with van der Waals surface area (Å²) in [4.78, 5) is 4.48. The van der Waals surface area contributed by atoms with Gasteiger partial charge in [0.05, 0.1) is 92.5 Å². The van der Waals surface area contributed by atoms with E-state index >= 15 is 0 Å². The summed E-state index contributed by atoms with van der Waals surface area (Å²) in [6, 6.07) is 0. The predicted molar refractivity (Wildman–Crippen MR) is 127 cm³/mol. The Labute approximate surface area is 214 Å². The molecule has 0 spiro atoms. The maximum absolute atomic E-state index is 6.22. The summed E-state index contributed by atoms with van der Waals surface area (Å²) in [6.45, 7) is 11.9. The highest BCUT2D eigenvalue weighted by atomic mass is 16.8. The first-order valence-corrected chi connectivity index (χ1v) is 13.3. The molecular formula is C24H44N2O10. The number of hydrogen-bond acceptors (Lipinski definition) is 12. The molecule has 12 heteroatoms. The second kappa shape index (κ2) is 17.2. The van der Waals surface area contributed by atoms with Crippen LogP contribution in [0.2, 0.25) is 0 Å². The molecule has 7 rings (SSSR count). The van der Waals surface area contributed by atoms with Crippen molar-refractivity contribution in [3.63, 3.8) is 0 Å². The summed E-state index contributed by atoms with van der Waals surface area (Å²) in [5.74, 6) is 0. The summed E-state index contributed by atoms with van der Waals surface area (Å²) in [7, 11) is 0. The van der Waals surface area contributed by atoms with Crippen LogP contribution in [0.1, 0.15) is 0 Å². The lowest BCUT2D eigenvalue weighted by Gasteiger charge is -2.43. The van der Waals surface area contributed by atoms with Gasteiger partial charge < -0.3 is 47.4 Å². The molecular weight excluding hydrogens is 476 g/mol. The van der Waals surface area contributed by atoms with Crippen molar-refractivity contribution in [2.45, 2.75) is 24.8 Å². The summed E-state index contributed by atoms with van der Waals surface area (Å²) in [6.07, 6.45) is -0.995. The van der Waals surface area contributed by atoms with E-state index in [4.69, 9.17) is 47.4 Å². The predicted octanol–water partition coefficient (Wildman–Crippen LogP) is -0.800. The lowest BCUT2D eigenvalue weighted by atomic mass is 10.2. The van der Waals surface area contributed by atoms with Crippen LogP contribution >= 0.6 is 0 Å². The van der Waals surface area contributed by atoms with E-state index in [9.17, 15) is 0 Å². The standard InChI is InChI=1S/C24H44N2O10/c1-5-27-9-13-31-15-11-29-7-3-26-4-8-30-12-16-32-14-10-28-6-2-25(1)17-23-33-19-22-21(35-23)20-34-24(18-26)36-22/h21-24H,1-20H2/t21-,22-,23+,24+/m0/s1. The Kier molecular flexibility index (Phi) is 13.6. The number of rotatable bonds is 0. The van der Waals surface area contributed by atoms with Gasteiger partial charge >= 0.3 is 0 Å². The number of nitrogens with zero attached hydrogens (tertiary/aromatic N) is 2. The molecule has 210 valence electrons. The number of fused-ring (bicyclic) bond motifs is 10. The average molecular weight is 521 g/mol. The maximum Gasteiger partial charge on any atom is 0.170 e. The van der Waals surface area contributed by atoms with Crippen LogP contribution in [-0.2, 0) is 47.4 Å². The van der Waals surface area contributed by atoms with Gasteiger partial charge in [-0.15, -0.1) is 0 Å². The average Bonchev–Trinajstić information content (AvgIpc) is 2.89. The molecule has 0 saturated carbocycles. The fourth-order valence-electron chi connectivity index (χ4n) is 4.40. The van der Waals surface area contributed by atoms with Gasteiger partial charge in [0, 0.05) is 39.3 Å². The molecule has 7 heterocycles. The van der Waals surface area contributed by atoms with Crippen LogP contribution in [0.15, 0.2) is 0 Å². The maximum atomic E-state index is 6.22. The van der Waals surface area contributed by atoms with Crippen molar-refractivity contribution in [1.29, 1.82) is 0 Å². The number of ether oxygens (including phenoxy) is 10. The molecule has 0 aliphatic carbocycles. The van der Waals surface area contributed by atoms with Crippen molar-refractivity contribution < 1.29 is 47.4 Å². The minimum atomic E-state index is -0.351. The third-order valence-corrected chi connectivity index (χ3v) is 6.47. The quantitative estimate of drug-likeness (QED) is 0.374. The molecule has 0 aromatic rings. The lowest BCUT2D eigenvalue weighted by molar-refractivity contribution is -0.339. The topological polar surface area (TPSA) is 98.8 Å². The van der Waals surface area contributed by atoms with Gasteiger partial charge in [-0.2, -0.15) is 0 Å². The zero-order valence-electron chi connectivity index (χ0n) is 21.4. The SMILES string of the molecule is C1COCCN2CCOCCOCCOCCN(CCOCCO1)C[C@@H]1OC[C@@H]3O[C@H](C2)OC[C@@H]3O1. The van der Waals surface area contributed by atoms with Crippen molar-refractivity contribution in [2.75, 3.05) is 132 Å². The molecule has 7 aliphatic rings. The number of hydrogen-bond donors (Lipinski definition) is 0. The fourth-order valence-corrected chi connectivity index (χ4v) is 4.40. The van der Waals surface area contributed by atoms with Crippen LogP contribution in [0.5, 0.6) is 0 Å². The third kappa shape index (κ3) is 10.7. The minimum Gasteiger partial charge on any atom is -0.378 e. The summed E-state index contributed by atoms with van der Waals surface area (Å²) >= 11 is 0. The van der Waals surface area contributed by atoms with Crippen LogP contribution in [0.4, 0.5) is 0 Å². The van der Waals surface area contributed by atoms with Crippen LogP contribution < -0.4 is 0 Å². The van der Waals surface area contributed by atoms with E-state index < -0.39 is 0 Å². The van der Waals surface area contributed by atoms with Gasteiger partial charge in [-0.3, -0.25) is 9.80 Å². The molecule has 0 aromatic carbocycles. The van der Waals surface area contributed by atoms with E-state index in [0.29, 0.717) is 106 Å². The van der Waals surface area contributed by atoms with E-state index in [1.165, 1.54) is 0 Å². The van der Waals surface area contributed by atoms with E-state index in [0.717, 1.165) is 26.2 Å². The summed E-state index contributed by atoms with van der Waals surface area (Å²) < 4.78 is 59.0. The second-order valence-corrected chi connectivity index (χ2v) is 9.15. The first kappa shape index (κ1) is 28.5. The van der Waals surface area contributed by atoms with E-state index in [1.807, 2.05) is 0 Å². The van der Waals surface area contributed by atoms with Gasteiger partial charge in [-0.1, -0.05) is 0 Å². The Morgan fingerprint density at radius 3 is 1.03 bits per heavy atom. The van der Waals surface area contributed by atoms with Gasteiger partial charge in [0.1, 0.15) is 12.2 Å². The van der Waals surface area contributed by atoms with Gasteiger partial charge in [-0.25, -0.2) is 0 Å². The largest absolute Gasteiger partial charge is 0.378 e. The summed E-state index contributed by atoms with van der Waals surface area (Å²) in [5, 5.41) is 0. The molecule has 4 atom stereocenters. The zero-order chi connectivity index (χ0) is 24.7. The Bertz CT molecular complexity index is 505. The van der Waals surface area contributed by atoms with Crippen molar-refractivity contribution >= 4 is 0 Å². The lowest BCUT2D eigenvalue weighted by Crippen LogP contribution is -2.56. The first-order chi connectivity index (χ1) is 17.9.